The summed E-state index contributed by atoms with van der Waals surface area (Å²) in [7, 11) is 1.86. The second-order valence-corrected chi connectivity index (χ2v) is 8.29. The van der Waals surface area contributed by atoms with E-state index < -0.39 is 0 Å². The minimum Gasteiger partial charge on any atom is -0.489 e. The summed E-state index contributed by atoms with van der Waals surface area (Å²) in [5.41, 5.74) is 4.27. The molecule has 4 heteroatoms. The number of ether oxygens (including phenoxy) is 1. The van der Waals surface area contributed by atoms with Crippen LogP contribution in [0, 0.1) is 0 Å². The van der Waals surface area contributed by atoms with Crippen molar-refractivity contribution in [1.82, 2.24) is 0 Å². The first-order chi connectivity index (χ1) is 15.1. The first-order valence-corrected chi connectivity index (χ1v) is 10.7. The van der Waals surface area contributed by atoms with Gasteiger partial charge in [0.05, 0.1) is 0 Å². The van der Waals surface area contributed by atoms with Crippen LogP contribution in [-0.2, 0) is 11.4 Å². The highest BCUT2D eigenvalue weighted by Crippen LogP contribution is 2.43. The molecule has 31 heavy (non-hydrogen) atoms. The number of amides is 1. The number of nitrogens with zero attached hydrogens (tertiary/aromatic N) is 1. The summed E-state index contributed by atoms with van der Waals surface area (Å²) in [6, 6.07) is 28.3. The van der Waals surface area contributed by atoms with Crippen molar-refractivity contribution in [2.24, 2.45) is 0 Å². The number of hydrogen-bond donors (Lipinski definition) is 0. The largest absolute Gasteiger partial charge is 0.489 e. The quantitative estimate of drug-likeness (QED) is 0.368. The Morgan fingerprint density at radius 3 is 2.48 bits per heavy atom. The summed E-state index contributed by atoms with van der Waals surface area (Å²) in [5, 5.41) is 3.09. The van der Waals surface area contributed by atoms with Crippen molar-refractivity contribution < 1.29 is 9.53 Å². The maximum absolute atomic E-state index is 12.7. The molecule has 1 amide bonds. The normalized spacial score (nSPS) is 15.7. The van der Waals surface area contributed by atoms with E-state index >= 15 is 0 Å². The van der Waals surface area contributed by atoms with E-state index in [9.17, 15) is 4.79 Å². The topological polar surface area (TPSA) is 29.5 Å². The highest BCUT2D eigenvalue weighted by atomic mass is 35.5. The lowest BCUT2D eigenvalue weighted by Crippen LogP contribution is -2.33. The molecule has 0 fully saturated rings. The average Bonchev–Trinajstić information content (AvgIpc) is 2.81. The van der Waals surface area contributed by atoms with Gasteiger partial charge in [0, 0.05) is 35.7 Å². The van der Waals surface area contributed by atoms with E-state index in [1.165, 1.54) is 16.3 Å². The van der Waals surface area contributed by atoms with E-state index in [1.807, 2.05) is 49.5 Å². The van der Waals surface area contributed by atoms with Crippen molar-refractivity contribution in [1.29, 1.82) is 0 Å². The van der Waals surface area contributed by atoms with Crippen molar-refractivity contribution in [3.8, 4) is 5.75 Å². The van der Waals surface area contributed by atoms with Crippen molar-refractivity contribution in [2.75, 3.05) is 11.9 Å². The minimum atomic E-state index is 0.0161. The third-order valence-electron chi connectivity index (χ3n) is 6.04. The van der Waals surface area contributed by atoms with E-state index in [2.05, 4.69) is 42.5 Å². The van der Waals surface area contributed by atoms with Gasteiger partial charge in [-0.3, -0.25) is 4.79 Å². The Balaban J connectivity index is 1.47. The van der Waals surface area contributed by atoms with E-state index in [0.717, 1.165) is 22.6 Å². The number of carbonyl (C=O) groups is 1. The Labute approximate surface area is 186 Å². The van der Waals surface area contributed by atoms with Gasteiger partial charge in [-0.1, -0.05) is 72.3 Å². The molecule has 0 saturated carbocycles. The highest BCUT2D eigenvalue weighted by molar-refractivity contribution is 6.31. The van der Waals surface area contributed by atoms with Crippen LogP contribution in [0.1, 0.15) is 29.0 Å². The number of rotatable bonds is 4. The van der Waals surface area contributed by atoms with Crippen molar-refractivity contribution in [3.05, 3.63) is 107 Å². The summed E-state index contributed by atoms with van der Waals surface area (Å²) < 4.78 is 5.93. The Kier molecular flexibility index (Phi) is 5.13. The van der Waals surface area contributed by atoms with Crippen molar-refractivity contribution >= 4 is 34.0 Å². The number of hydrogen-bond acceptors (Lipinski definition) is 2. The molecule has 1 atom stereocenters. The first-order valence-electron chi connectivity index (χ1n) is 10.4. The van der Waals surface area contributed by atoms with E-state index in [4.69, 9.17) is 16.3 Å². The van der Waals surface area contributed by atoms with Crippen LogP contribution in [0.5, 0.6) is 5.75 Å². The zero-order valence-corrected chi connectivity index (χ0v) is 18.0. The third kappa shape index (κ3) is 3.66. The van der Waals surface area contributed by atoms with Gasteiger partial charge in [-0.15, -0.1) is 0 Å². The Hall–Kier alpha value is -3.30. The van der Waals surface area contributed by atoms with Crippen LogP contribution < -0.4 is 9.64 Å². The molecule has 0 saturated heterocycles. The summed E-state index contributed by atoms with van der Waals surface area (Å²) in [4.78, 5) is 14.5. The van der Waals surface area contributed by atoms with Gasteiger partial charge in [-0.25, -0.2) is 0 Å². The number of halogens is 1. The van der Waals surface area contributed by atoms with E-state index in [-0.39, 0.29) is 11.8 Å². The van der Waals surface area contributed by atoms with E-state index in [0.29, 0.717) is 18.1 Å². The van der Waals surface area contributed by atoms with Gasteiger partial charge in [0.2, 0.25) is 5.91 Å². The molecular weight excluding hydrogens is 406 g/mol. The molecule has 0 aromatic heterocycles. The third-order valence-corrected chi connectivity index (χ3v) is 6.41. The van der Waals surface area contributed by atoms with Gasteiger partial charge in [0.15, 0.2) is 0 Å². The van der Waals surface area contributed by atoms with Crippen LogP contribution in [0.2, 0.25) is 5.02 Å². The average molecular weight is 428 g/mol. The summed E-state index contributed by atoms with van der Waals surface area (Å²) in [6.45, 7) is 0.416. The zero-order valence-electron chi connectivity index (χ0n) is 17.2. The second-order valence-electron chi connectivity index (χ2n) is 7.88. The lowest BCUT2D eigenvalue weighted by Gasteiger charge is -2.33. The molecule has 0 spiro atoms. The SMILES string of the molecule is CN1C(=O)CC(c2ccc(OCc3ccccc3Cl)cc2)c2c1ccc1ccccc21. The summed E-state index contributed by atoms with van der Waals surface area (Å²) >= 11 is 6.22. The Morgan fingerprint density at radius 1 is 0.935 bits per heavy atom. The second kappa shape index (κ2) is 8.09. The van der Waals surface area contributed by atoms with Crippen LogP contribution in [-0.4, -0.2) is 13.0 Å². The molecule has 3 nitrogen and oxygen atoms in total. The molecule has 0 bridgehead atoms. The van der Waals surface area contributed by atoms with Gasteiger partial charge in [-0.2, -0.15) is 0 Å². The van der Waals surface area contributed by atoms with E-state index in [1.54, 1.807) is 4.90 Å². The monoisotopic (exact) mass is 427 g/mol. The fourth-order valence-corrected chi connectivity index (χ4v) is 4.54. The molecule has 5 rings (SSSR count). The molecule has 0 N–H and O–H groups in total. The van der Waals surface area contributed by atoms with Crippen LogP contribution in [0.3, 0.4) is 0 Å². The molecule has 1 aliphatic rings. The number of fused-ring (bicyclic) bond motifs is 3. The van der Waals surface area contributed by atoms with Crippen molar-refractivity contribution in [2.45, 2.75) is 18.9 Å². The smallest absolute Gasteiger partial charge is 0.227 e. The zero-order chi connectivity index (χ0) is 21.4. The Morgan fingerprint density at radius 2 is 1.68 bits per heavy atom. The van der Waals surface area contributed by atoms with Crippen LogP contribution in [0.25, 0.3) is 10.8 Å². The van der Waals surface area contributed by atoms with Gasteiger partial charge >= 0.3 is 0 Å². The molecule has 1 aliphatic heterocycles. The molecule has 4 aromatic carbocycles. The number of anilines is 1. The van der Waals surface area contributed by atoms with Gasteiger partial charge in [-0.05, 0) is 46.2 Å². The molecule has 1 heterocycles. The lowest BCUT2D eigenvalue weighted by atomic mass is 9.81. The number of benzene rings is 4. The fraction of sp³-hybridized carbons (Fsp3) is 0.148. The predicted octanol–water partition coefficient (Wildman–Crippen LogP) is 6.57. The molecule has 154 valence electrons. The minimum absolute atomic E-state index is 0.0161. The van der Waals surface area contributed by atoms with Gasteiger partial charge < -0.3 is 9.64 Å². The van der Waals surface area contributed by atoms with Crippen LogP contribution in [0.4, 0.5) is 5.69 Å². The molecule has 0 aliphatic carbocycles. The summed E-state index contributed by atoms with van der Waals surface area (Å²) in [5.74, 6) is 0.926. The maximum Gasteiger partial charge on any atom is 0.227 e. The first kappa shape index (κ1) is 19.7. The molecule has 4 aromatic rings. The maximum atomic E-state index is 12.7. The standard InChI is InChI=1S/C27H22ClNO2/c1-29-25-15-12-18-6-2-4-8-22(18)27(25)23(16-26(29)30)19-10-13-21(14-11-19)31-17-20-7-3-5-9-24(20)28/h2-15,23H,16-17H2,1H3. The number of carbonyl (C=O) groups excluding carboxylic acids is 1. The van der Waals surface area contributed by atoms with Gasteiger partial charge in [0.1, 0.15) is 12.4 Å². The van der Waals surface area contributed by atoms with Crippen LogP contribution in [0.15, 0.2) is 84.9 Å². The Bertz CT molecular complexity index is 1270. The van der Waals surface area contributed by atoms with Gasteiger partial charge in [0.25, 0.3) is 0 Å². The van der Waals surface area contributed by atoms with Crippen molar-refractivity contribution in [3.63, 3.8) is 0 Å². The lowest BCUT2D eigenvalue weighted by molar-refractivity contribution is -0.118. The molecule has 0 radical (unpaired) electrons. The van der Waals surface area contributed by atoms with Crippen LogP contribution >= 0.6 is 11.6 Å². The molecule has 1 unspecified atom stereocenters. The fourth-order valence-electron chi connectivity index (χ4n) is 4.35. The molecular formula is C27H22ClNO2. The predicted molar refractivity (Wildman–Crippen MR) is 126 cm³/mol. The summed E-state index contributed by atoms with van der Waals surface area (Å²) in [6.07, 6.45) is 0.456. The highest BCUT2D eigenvalue weighted by Gasteiger charge is 2.31.